The maximum atomic E-state index is 11.3. The molecule has 1 aromatic carbocycles. The van der Waals surface area contributed by atoms with E-state index in [1.54, 1.807) is 0 Å². The molecule has 5 nitrogen and oxygen atoms in total. The van der Waals surface area contributed by atoms with Crippen molar-refractivity contribution in [1.82, 2.24) is 0 Å². The number of carbonyl (C=O) groups is 1. The fourth-order valence-electron chi connectivity index (χ4n) is 1.49. The molecule has 94 valence electrons. The Balaban J connectivity index is 3.51. The lowest BCUT2D eigenvalue weighted by Crippen LogP contribution is -2.15. The van der Waals surface area contributed by atoms with Crippen LogP contribution in [0.2, 0.25) is 0 Å². The zero-order valence-electron chi connectivity index (χ0n) is 9.10. The van der Waals surface area contributed by atoms with Crippen molar-refractivity contribution < 1.29 is 18.3 Å². The Kier molecular flexibility index (Phi) is 4.29. The molecule has 0 saturated heterocycles. The zero-order valence-corrected chi connectivity index (χ0v) is 11.5. The minimum Gasteiger partial charge on any atom is -0.478 e. The van der Waals surface area contributed by atoms with Crippen molar-refractivity contribution in [3.05, 3.63) is 27.7 Å². The fraction of sp³-hybridized carbons (Fsp3) is 0.300. The van der Waals surface area contributed by atoms with Crippen LogP contribution in [0, 0.1) is 0 Å². The van der Waals surface area contributed by atoms with Crippen LogP contribution in [-0.4, -0.2) is 19.5 Å². The molecule has 0 amide bonds. The summed E-state index contributed by atoms with van der Waals surface area (Å²) in [7, 11) is -3.93. The number of carboxylic acids is 1. The third kappa shape index (κ3) is 3.27. The minimum atomic E-state index is -3.93. The summed E-state index contributed by atoms with van der Waals surface area (Å²) in [5.41, 5.74) is 0.554. The Labute approximate surface area is 108 Å². The smallest absolute Gasteiger partial charge is 0.336 e. The Morgan fingerprint density at radius 3 is 2.47 bits per heavy atom. The van der Waals surface area contributed by atoms with Gasteiger partial charge in [0.2, 0.25) is 10.0 Å². The number of hydrogen-bond donors (Lipinski definition) is 2. The first-order valence-electron chi connectivity index (χ1n) is 4.86. The molecule has 0 saturated carbocycles. The van der Waals surface area contributed by atoms with Gasteiger partial charge in [-0.1, -0.05) is 13.3 Å². The Hall–Kier alpha value is -0.920. The summed E-state index contributed by atoms with van der Waals surface area (Å²) < 4.78 is 22.8. The molecule has 17 heavy (non-hydrogen) atoms. The molecule has 1 rings (SSSR count). The highest BCUT2D eigenvalue weighted by Gasteiger charge is 2.19. The maximum absolute atomic E-state index is 11.3. The molecule has 0 fully saturated rings. The molecule has 0 spiro atoms. The van der Waals surface area contributed by atoms with E-state index in [1.165, 1.54) is 6.07 Å². The van der Waals surface area contributed by atoms with Gasteiger partial charge in [-0.25, -0.2) is 18.4 Å². The summed E-state index contributed by atoms with van der Waals surface area (Å²) in [6, 6.07) is 2.58. The normalized spacial score (nSPS) is 11.5. The largest absolute Gasteiger partial charge is 0.478 e. The number of carboxylic acid groups (broad SMARTS) is 1. The lowest BCUT2D eigenvalue weighted by Gasteiger charge is -2.09. The predicted octanol–water partition coefficient (Wildman–Crippen LogP) is 1.75. The van der Waals surface area contributed by atoms with Crippen molar-refractivity contribution in [1.29, 1.82) is 0 Å². The van der Waals surface area contributed by atoms with Gasteiger partial charge in [-0.05, 0) is 40.0 Å². The van der Waals surface area contributed by atoms with Gasteiger partial charge in [0.1, 0.15) is 0 Å². The first kappa shape index (κ1) is 14.1. The van der Waals surface area contributed by atoms with Crippen LogP contribution in [0.15, 0.2) is 21.5 Å². The first-order valence-corrected chi connectivity index (χ1v) is 7.19. The van der Waals surface area contributed by atoms with Crippen LogP contribution in [0.4, 0.5) is 0 Å². The van der Waals surface area contributed by atoms with Crippen molar-refractivity contribution in [3.8, 4) is 0 Å². The van der Waals surface area contributed by atoms with Crippen molar-refractivity contribution >= 4 is 31.9 Å². The number of halogens is 1. The number of sulfonamides is 1. The molecule has 0 bridgehead atoms. The van der Waals surface area contributed by atoms with E-state index in [-0.39, 0.29) is 14.9 Å². The molecule has 0 unspecified atom stereocenters. The summed E-state index contributed by atoms with van der Waals surface area (Å²) in [5.74, 6) is -1.16. The molecule has 7 heteroatoms. The van der Waals surface area contributed by atoms with Crippen molar-refractivity contribution in [2.45, 2.75) is 24.7 Å². The summed E-state index contributed by atoms with van der Waals surface area (Å²) in [5, 5.41) is 14.0. The van der Waals surface area contributed by atoms with Crippen LogP contribution in [-0.2, 0) is 16.4 Å². The van der Waals surface area contributed by atoms with Crippen LogP contribution in [0.5, 0.6) is 0 Å². The summed E-state index contributed by atoms with van der Waals surface area (Å²) in [6.07, 6.45) is 1.33. The molecule has 0 aliphatic carbocycles. The van der Waals surface area contributed by atoms with E-state index in [9.17, 15) is 13.2 Å². The molecule has 3 N–H and O–H groups in total. The fourth-order valence-corrected chi connectivity index (χ4v) is 3.17. The zero-order chi connectivity index (χ0) is 13.2. The molecule has 1 aromatic rings. The van der Waals surface area contributed by atoms with Crippen LogP contribution < -0.4 is 5.14 Å². The summed E-state index contributed by atoms with van der Waals surface area (Å²) in [4.78, 5) is 10.8. The van der Waals surface area contributed by atoms with Crippen LogP contribution in [0.25, 0.3) is 0 Å². The van der Waals surface area contributed by atoms with Gasteiger partial charge < -0.3 is 5.11 Å². The monoisotopic (exact) mass is 321 g/mol. The van der Waals surface area contributed by atoms with Gasteiger partial charge in [-0.15, -0.1) is 0 Å². The second-order valence-corrected chi connectivity index (χ2v) is 5.92. The second-order valence-electron chi connectivity index (χ2n) is 3.54. The Morgan fingerprint density at radius 1 is 1.47 bits per heavy atom. The van der Waals surface area contributed by atoms with E-state index in [0.717, 1.165) is 12.5 Å². The number of aromatic carboxylic acids is 1. The van der Waals surface area contributed by atoms with Gasteiger partial charge in [0.25, 0.3) is 0 Å². The van der Waals surface area contributed by atoms with Gasteiger partial charge in [0, 0.05) is 4.47 Å². The van der Waals surface area contributed by atoms with Crippen molar-refractivity contribution in [3.63, 3.8) is 0 Å². The Bertz CT molecular complexity index is 554. The lowest BCUT2D eigenvalue weighted by atomic mass is 10.0. The van der Waals surface area contributed by atoms with E-state index in [0.29, 0.717) is 12.0 Å². The first-order chi connectivity index (χ1) is 7.77. The minimum absolute atomic E-state index is 0.0286. The summed E-state index contributed by atoms with van der Waals surface area (Å²) >= 11 is 3.08. The molecule has 0 radical (unpaired) electrons. The average Bonchev–Trinajstić information content (AvgIpc) is 2.15. The van der Waals surface area contributed by atoms with E-state index >= 15 is 0 Å². The molecule has 0 heterocycles. The predicted molar refractivity (Wildman–Crippen MR) is 66.5 cm³/mol. The van der Waals surface area contributed by atoms with E-state index < -0.39 is 16.0 Å². The molecule has 0 aliphatic rings. The van der Waals surface area contributed by atoms with Gasteiger partial charge in [0.05, 0.1) is 10.5 Å². The quantitative estimate of drug-likeness (QED) is 0.882. The van der Waals surface area contributed by atoms with Crippen LogP contribution in [0.1, 0.15) is 29.3 Å². The van der Waals surface area contributed by atoms with Crippen molar-refractivity contribution in [2.75, 3.05) is 0 Å². The van der Waals surface area contributed by atoms with Gasteiger partial charge in [-0.2, -0.15) is 0 Å². The van der Waals surface area contributed by atoms with Crippen LogP contribution >= 0.6 is 15.9 Å². The highest BCUT2D eigenvalue weighted by Crippen LogP contribution is 2.26. The number of rotatable bonds is 4. The highest BCUT2D eigenvalue weighted by atomic mass is 79.9. The molecular weight excluding hydrogens is 310 g/mol. The maximum Gasteiger partial charge on any atom is 0.336 e. The standard InChI is InChI=1S/C10H12BrNO4S/c1-2-3-6-4-8(11)9(17(12,15)16)5-7(6)10(13)14/h4-5H,2-3H2,1H3,(H,13,14)(H2,12,15,16). The molecule has 0 aliphatic heterocycles. The number of benzene rings is 1. The number of hydrogen-bond acceptors (Lipinski definition) is 3. The molecule has 0 aromatic heterocycles. The Morgan fingerprint density at radius 2 is 2.06 bits per heavy atom. The number of nitrogens with two attached hydrogens (primary N) is 1. The third-order valence-electron chi connectivity index (χ3n) is 2.21. The molecule has 0 atom stereocenters. The lowest BCUT2D eigenvalue weighted by molar-refractivity contribution is 0.0695. The number of primary sulfonamides is 1. The van der Waals surface area contributed by atoms with Gasteiger partial charge in [0.15, 0.2) is 0 Å². The van der Waals surface area contributed by atoms with E-state index in [1.807, 2.05) is 6.92 Å². The average molecular weight is 322 g/mol. The topological polar surface area (TPSA) is 97.5 Å². The third-order valence-corrected chi connectivity index (χ3v) is 4.08. The van der Waals surface area contributed by atoms with Crippen molar-refractivity contribution in [2.24, 2.45) is 5.14 Å². The number of aryl methyl sites for hydroxylation is 1. The second kappa shape index (κ2) is 5.16. The molecular formula is C10H12BrNO4S. The van der Waals surface area contributed by atoms with Gasteiger partial charge in [-0.3, -0.25) is 0 Å². The van der Waals surface area contributed by atoms with Gasteiger partial charge >= 0.3 is 5.97 Å². The summed E-state index contributed by atoms with van der Waals surface area (Å²) in [6.45, 7) is 1.91. The highest BCUT2D eigenvalue weighted by molar-refractivity contribution is 9.10. The SMILES string of the molecule is CCCc1cc(Br)c(S(N)(=O)=O)cc1C(=O)O. The van der Waals surface area contributed by atoms with Crippen LogP contribution in [0.3, 0.4) is 0 Å². The van der Waals surface area contributed by atoms with E-state index in [4.69, 9.17) is 10.2 Å². The van der Waals surface area contributed by atoms with E-state index in [2.05, 4.69) is 15.9 Å².